The molecule has 0 unspecified atom stereocenters. The van der Waals surface area contributed by atoms with Gasteiger partial charge in [-0.15, -0.1) is 10.2 Å². The molecule has 0 aromatic carbocycles. The molecule has 1 aliphatic carbocycles. The van der Waals surface area contributed by atoms with Gasteiger partial charge in [0.25, 0.3) is 0 Å². The molecule has 1 N–H and O–H groups in total. The number of aromatic nitrogens is 3. The van der Waals surface area contributed by atoms with Gasteiger partial charge in [0.2, 0.25) is 0 Å². The van der Waals surface area contributed by atoms with Gasteiger partial charge in [-0.05, 0) is 12.8 Å². The first-order chi connectivity index (χ1) is 7.73. The predicted molar refractivity (Wildman–Crippen MR) is 57.8 cm³/mol. The maximum atomic E-state index is 11.5. The number of nitrogens with zero attached hydrogens (tertiary/aromatic N) is 3. The van der Waals surface area contributed by atoms with E-state index in [-0.39, 0.29) is 0 Å². The molecule has 0 amide bonds. The van der Waals surface area contributed by atoms with Gasteiger partial charge >= 0.3 is 5.97 Å². The largest absolute Gasteiger partial charge is 0.481 e. The van der Waals surface area contributed by atoms with Gasteiger partial charge in [-0.2, -0.15) is 0 Å². The lowest BCUT2D eigenvalue weighted by molar-refractivity contribution is -0.150. The number of carbonyl (C=O) groups is 1. The molecule has 2 rings (SSSR count). The maximum Gasteiger partial charge on any atom is 0.311 e. The van der Waals surface area contributed by atoms with Crippen molar-refractivity contribution in [1.82, 2.24) is 14.8 Å². The minimum Gasteiger partial charge on any atom is -0.481 e. The van der Waals surface area contributed by atoms with Crippen molar-refractivity contribution in [2.75, 3.05) is 0 Å². The van der Waals surface area contributed by atoms with E-state index in [0.717, 1.165) is 38.5 Å². The van der Waals surface area contributed by atoms with Crippen molar-refractivity contribution in [1.29, 1.82) is 0 Å². The van der Waals surface area contributed by atoms with E-state index in [1.807, 2.05) is 0 Å². The molecular weight excluding hydrogens is 206 g/mol. The molecule has 16 heavy (non-hydrogen) atoms. The first kappa shape index (κ1) is 11.1. The number of carboxylic acid groups (broad SMARTS) is 1. The lowest BCUT2D eigenvalue weighted by Gasteiger charge is -2.27. The maximum absolute atomic E-state index is 11.5. The van der Waals surface area contributed by atoms with Gasteiger partial charge in [0.15, 0.2) is 0 Å². The number of hydrogen-bond donors (Lipinski definition) is 1. The van der Waals surface area contributed by atoms with Crippen molar-refractivity contribution in [2.45, 2.75) is 45.1 Å². The monoisotopic (exact) mass is 223 g/mol. The summed E-state index contributed by atoms with van der Waals surface area (Å²) in [7, 11) is 0. The molecule has 0 spiro atoms. The van der Waals surface area contributed by atoms with Gasteiger partial charge in [0, 0.05) is 6.54 Å². The zero-order valence-electron chi connectivity index (χ0n) is 9.30. The van der Waals surface area contributed by atoms with Gasteiger partial charge in [-0.3, -0.25) is 4.79 Å². The van der Waals surface area contributed by atoms with Crippen molar-refractivity contribution in [3.05, 3.63) is 12.7 Å². The van der Waals surface area contributed by atoms with Gasteiger partial charge in [0.1, 0.15) is 12.7 Å². The van der Waals surface area contributed by atoms with E-state index < -0.39 is 11.4 Å². The van der Waals surface area contributed by atoms with Crippen LogP contribution in [0.3, 0.4) is 0 Å². The van der Waals surface area contributed by atoms with Crippen molar-refractivity contribution in [3.8, 4) is 0 Å². The average Bonchev–Trinajstić information content (AvgIpc) is 2.62. The van der Waals surface area contributed by atoms with Gasteiger partial charge < -0.3 is 9.67 Å². The van der Waals surface area contributed by atoms with Crippen LogP contribution in [0.2, 0.25) is 0 Å². The van der Waals surface area contributed by atoms with Crippen LogP contribution in [0.5, 0.6) is 0 Å². The summed E-state index contributed by atoms with van der Waals surface area (Å²) in [5.41, 5.74) is -0.612. The predicted octanol–water partition coefficient (Wildman–Crippen LogP) is 1.70. The second-order valence-electron chi connectivity index (χ2n) is 4.63. The van der Waals surface area contributed by atoms with E-state index in [4.69, 9.17) is 0 Å². The smallest absolute Gasteiger partial charge is 0.311 e. The summed E-state index contributed by atoms with van der Waals surface area (Å²) in [6.45, 7) is 0.495. The summed E-state index contributed by atoms with van der Waals surface area (Å²) in [6.07, 6.45) is 9.03. The van der Waals surface area contributed by atoms with Crippen LogP contribution in [0.4, 0.5) is 0 Å². The highest BCUT2D eigenvalue weighted by Crippen LogP contribution is 2.36. The van der Waals surface area contributed by atoms with Gasteiger partial charge in [0.05, 0.1) is 5.41 Å². The highest BCUT2D eigenvalue weighted by atomic mass is 16.4. The van der Waals surface area contributed by atoms with E-state index in [0.29, 0.717) is 6.54 Å². The lowest BCUT2D eigenvalue weighted by atomic mass is 9.80. The third kappa shape index (κ3) is 2.23. The molecule has 5 nitrogen and oxygen atoms in total. The van der Waals surface area contributed by atoms with E-state index in [2.05, 4.69) is 10.2 Å². The van der Waals surface area contributed by atoms with Crippen LogP contribution < -0.4 is 0 Å². The minimum atomic E-state index is -0.678. The number of rotatable bonds is 3. The summed E-state index contributed by atoms with van der Waals surface area (Å²) < 4.78 is 1.78. The molecule has 1 heterocycles. The third-order valence-electron chi connectivity index (χ3n) is 3.47. The molecule has 0 aliphatic heterocycles. The molecule has 5 heteroatoms. The topological polar surface area (TPSA) is 68.0 Å². The molecule has 0 radical (unpaired) electrons. The Balaban J connectivity index is 2.17. The summed E-state index contributed by atoms with van der Waals surface area (Å²) in [4.78, 5) is 11.5. The standard InChI is InChI=1S/C11H17N3O2/c15-10(16)11(5-3-1-2-4-6-11)7-14-8-12-13-9-14/h8-9H,1-7H2,(H,15,16). The van der Waals surface area contributed by atoms with Crippen molar-refractivity contribution >= 4 is 5.97 Å². The van der Waals surface area contributed by atoms with Crippen molar-refractivity contribution in [2.24, 2.45) is 5.41 Å². The highest BCUT2D eigenvalue weighted by Gasteiger charge is 2.38. The van der Waals surface area contributed by atoms with E-state index in [1.165, 1.54) is 0 Å². The molecule has 1 aromatic rings. The Morgan fingerprint density at radius 1 is 1.19 bits per heavy atom. The molecule has 1 fully saturated rings. The van der Waals surface area contributed by atoms with Crippen LogP contribution in [0.15, 0.2) is 12.7 Å². The van der Waals surface area contributed by atoms with Crippen LogP contribution in [-0.2, 0) is 11.3 Å². The van der Waals surface area contributed by atoms with Crippen LogP contribution in [0.1, 0.15) is 38.5 Å². The van der Waals surface area contributed by atoms with E-state index >= 15 is 0 Å². The zero-order valence-corrected chi connectivity index (χ0v) is 9.30. The molecule has 1 aromatic heterocycles. The fourth-order valence-corrected chi connectivity index (χ4v) is 2.50. The summed E-state index contributed by atoms with van der Waals surface area (Å²) in [6, 6.07) is 0. The number of hydrogen-bond acceptors (Lipinski definition) is 3. The average molecular weight is 223 g/mol. The summed E-state index contributed by atoms with van der Waals surface area (Å²) in [5, 5.41) is 16.9. The Bertz CT molecular complexity index is 340. The third-order valence-corrected chi connectivity index (χ3v) is 3.47. The van der Waals surface area contributed by atoms with Crippen LogP contribution in [0.25, 0.3) is 0 Å². The number of carboxylic acids is 1. The highest BCUT2D eigenvalue weighted by molar-refractivity contribution is 5.74. The van der Waals surface area contributed by atoms with Crippen LogP contribution in [0, 0.1) is 5.41 Å². The molecule has 0 atom stereocenters. The Morgan fingerprint density at radius 2 is 1.75 bits per heavy atom. The molecule has 0 saturated heterocycles. The van der Waals surface area contributed by atoms with Crippen molar-refractivity contribution in [3.63, 3.8) is 0 Å². The first-order valence-electron chi connectivity index (χ1n) is 5.79. The Hall–Kier alpha value is -1.39. The van der Waals surface area contributed by atoms with Gasteiger partial charge in [-0.1, -0.05) is 25.7 Å². The molecule has 0 bridgehead atoms. The second kappa shape index (κ2) is 4.63. The molecule has 1 saturated carbocycles. The van der Waals surface area contributed by atoms with Crippen LogP contribution in [-0.4, -0.2) is 25.8 Å². The minimum absolute atomic E-state index is 0.495. The van der Waals surface area contributed by atoms with Gasteiger partial charge in [-0.25, -0.2) is 0 Å². The Kier molecular flexibility index (Phi) is 3.22. The SMILES string of the molecule is O=C(O)C1(Cn2cnnc2)CCCCCC1. The lowest BCUT2D eigenvalue weighted by Crippen LogP contribution is -2.34. The first-order valence-corrected chi connectivity index (χ1v) is 5.79. The fraction of sp³-hybridized carbons (Fsp3) is 0.727. The zero-order chi connectivity index (χ0) is 11.4. The summed E-state index contributed by atoms with van der Waals surface area (Å²) >= 11 is 0. The Morgan fingerprint density at radius 3 is 2.25 bits per heavy atom. The quantitative estimate of drug-likeness (QED) is 0.792. The van der Waals surface area contributed by atoms with Crippen LogP contribution >= 0.6 is 0 Å². The summed E-state index contributed by atoms with van der Waals surface area (Å²) in [5.74, 6) is -0.678. The molecule has 1 aliphatic rings. The Labute approximate surface area is 94.5 Å². The van der Waals surface area contributed by atoms with Crippen molar-refractivity contribution < 1.29 is 9.90 Å². The number of aliphatic carboxylic acids is 1. The normalized spacial score (nSPS) is 20.2. The van der Waals surface area contributed by atoms with E-state index in [9.17, 15) is 9.90 Å². The fourth-order valence-electron chi connectivity index (χ4n) is 2.50. The van der Waals surface area contributed by atoms with E-state index in [1.54, 1.807) is 17.2 Å². The second-order valence-corrected chi connectivity index (χ2v) is 4.63. The molecular formula is C11H17N3O2. The molecule has 88 valence electrons.